The molecule has 0 bridgehead atoms. The van der Waals surface area contributed by atoms with Gasteiger partial charge < -0.3 is 20.6 Å². The number of piperidine rings is 1. The van der Waals surface area contributed by atoms with Gasteiger partial charge in [0, 0.05) is 31.7 Å². The number of hydrogen-bond acceptors (Lipinski definition) is 3. The van der Waals surface area contributed by atoms with Crippen LogP contribution in [0, 0.1) is 5.92 Å². The first-order valence-corrected chi connectivity index (χ1v) is 6.50. The summed E-state index contributed by atoms with van der Waals surface area (Å²) in [5.41, 5.74) is 5.79. The topological polar surface area (TPSA) is 69.8 Å². The molecule has 1 heterocycles. The van der Waals surface area contributed by atoms with E-state index in [9.17, 15) is 4.79 Å². The minimum atomic E-state index is -0.776. The van der Waals surface area contributed by atoms with Gasteiger partial charge in [-0.1, -0.05) is 0 Å². The van der Waals surface area contributed by atoms with Gasteiger partial charge in [-0.25, -0.2) is 4.79 Å². The van der Waals surface area contributed by atoms with Gasteiger partial charge in [-0.3, -0.25) is 0 Å². The van der Waals surface area contributed by atoms with Crippen LogP contribution in [0.1, 0.15) is 25.7 Å². The molecule has 0 unspecified atom stereocenters. The maximum atomic E-state index is 10.8. The zero-order valence-corrected chi connectivity index (χ0v) is 10.5. The molecule has 5 nitrogen and oxygen atoms in total. The molecule has 1 saturated carbocycles. The molecule has 0 aromatic rings. The van der Waals surface area contributed by atoms with Crippen LogP contribution in [0.15, 0.2) is 0 Å². The van der Waals surface area contributed by atoms with E-state index in [0.717, 1.165) is 32.2 Å². The van der Waals surface area contributed by atoms with Gasteiger partial charge >= 0.3 is 6.09 Å². The van der Waals surface area contributed by atoms with E-state index < -0.39 is 6.09 Å². The molecule has 0 radical (unpaired) electrons. The van der Waals surface area contributed by atoms with Gasteiger partial charge in [0.05, 0.1) is 0 Å². The van der Waals surface area contributed by atoms with Crippen molar-refractivity contribution in [3.63, 3.8) is 0 Å². The van der Waals surface area contributed by atoms with Crippen molar-refractivity contribution in [1.29, 1.82) is 0 Å². The second-order valence-electron chi connectivity index (χ2n) is 5.54. The Morgan fingerprint density at radius 2 is 2.00 bits per heavy atom. The lowest BCUT2D eigenvalue weighted by Crippen LogP contribution is -2.51. The molecule has 1 amide bonds. The van der Waals surface area contributed by atoms with Crippen LogP contribution in [-0.2, 0) is 0 Å². The van der Waals surface area contributed by atoms with Crippen molar-refractivity contribution in [3.05, 3.63) is 0 Å². The monoisotopic (exact) mass is 241 g/mol. The lowest BCUT2D eigenvalue weighted by atomic mass is 9.85. The second kappa shape index (κ2) is 5.23. The first-order valence-electron chi connectivity index (χ1n) is 6.50. The molecule has 1 aliphatic carbocycles. The largest absolute Gasteiger partial charge is 0.465 e. The van der Waals surface area contributed by atoms with Crippen LogP contribution >= 0.6 is 0 Å². The highest BCUT2D eigenvalue weighted by Crippen LogP contribution is 2.25. The average Bonchev–Trinajstić information content (AvgIpc) is 2.25. The average molecular weight is 241 g/mol. The van der Waals surface area contributed by atoms with Gasteiger partial charge in [-0.15, -0.1) is 0 Å². The molecule has 5 heteroatoms. The molecule has 0 aromatic heterocycles. The van der Waals surface area contributed by atoms with E-state index in [4.69, 9.17) is 10.8 Å². The van der Waals surface area contributed by atoms with Gasteiger partial charge in [-0.2, -0.15) is 0 Å². The van der Waals surface area contributed by atoms with E-state index in [1.807, 2.05) is 0 Å². The number of nitrogens with two attached hydrogens (primary N) is 1. The summed E-state index contributed by atoms with van der Waals surface area (Å²) in [6.07, 6.45) is 3.45. The van der Waals surface area contributed by atoms with E-state index >= 15 is 0 Å². The molecule has 0 atom stereocenters. The third kappa shape index (κ3) is 3.10. The Morgan fingerprint density at radius 1 is 1.41 bits per heavy atom. The maximum absolute atomic E-state index is 10.8. The Labute approximate surface area is 103 Å². The van der Waals surface area contributed by atoms with Crippen molar-refractivity contribution in [2.24, 2.45) is 11.7 Å². The van der Waals surface area contributed by atoms with E-state index in [1.54, 1.807) is 0 Å². The number of amides is 1. The number of hydrogen-bond donors (Lipinski definition) is 2. The van der Waals surface area contributed by atoms with Crippen molar-refractivity contribution in [1.82, 2.24) is 9.80 Å². The molecular formula is C12H23N3O2. The van der Waals surface area contributed by atoms with Crippen molar-refractivity contribution in [2.45, 2.75) is 37.8 Å². The minimum Gasteiger partial charge on any atom is -0.465 e. The van der Waals surface area contributed by atoms with Gasteiger partial charge in [0.15, 0.2) is 0 Å². The molecule has 2 fully saturated rings. The van der Waals surface area contributed by atoms with Crippen LogP contribution in [0.3, 0.4) is 0 Å². The third-order valence-electron chi connectivity index (χ3n) is 4.20. The molecule has 98 valence electrons. The lowest BCUT2D eigenvalue weighted by Gasteiger charge is -2.41. The fraction of sp³-hybridized carbons (Fsp3) is 0.917. The molecule has 2 aliphatic rings. The Balaban J connectivity index is 1.69. The fourth-order valence-electron chi connectivity index (χ4n) is 2.85. The zero-order chi connectivity index (χ0) is 12.4. The van der Waals surface area contributed by atoms with Crippen LogP contribution < -0.4 is 5.73 Å². The predicted octanol–water partition coefficient (Wildman–Crippen LogP) is 0.798. The highest BCUT2D eigenvalue weighted by atomic mass is 16.4. The number of carboxylic acid groups (broad SMARTS) is 1. The quantitative estimate of drug-likeness (QED) is 0.766. The molecular weight excluding hydrogens is 218 g/mol. The summed E-state index contributed by atoms with van der Waals surface area (Å²) in [4.78, 5) is 14.7. The SMILES string of the molecule is CN(CC1CCN(C(=O)O)CC1)C1CC(N)C1. The molecule has 0 spiro atoms. The Bertz CT molecular complexity index is 271. The maximum Gasteiger partial charge on any atom is 0.407 e. The Hall–Kier alpha value is -0.810. The van der Waals surface area contributed by atoms with Gasteiger partial charge in [-0.05, 0) is 38.6 Å². The van der Waals surface area contributed by atoms with Crippen LogP contribution in [-0.4, -0.2) is 59.8 Å². The van der Waals surface area contributed by atoms with Crippen LogP contribution in [0.4, 0.5) is 4.79 Å². The van der Waals surface area contributed by atoms with E-state index in [2.05, 4.69) is 11.9 Å². The summed E-state index contributed by atoms with van der Waals surface area (Å²) < 4.78 is 0. The molecule has 3 N–H and O–H groups in total. The first kappa shape index (κ1) is 12.6. The molecule has 1 saturated heterocycles. The number of nitrogens with zero attached hydrogens (tertiary/aromatic N) is 2. The van der Waals surface area contributed by atoms with Gasteiger partial charge in [0.25, 0.3) is 0 Å². The zero-order valence-electron chi connectivity index (χ0n) is 10.5. The third-order valence-corrected chi connectivity index (χ3v) is 4.20. The summed E-state index contributed by atoms with van der Waals surface area (Å²) >= 11 is 0. The summed E-state index contributed by atoms with van der Waals surface area (Å²) in [7, 11) is 2.17. The Kier molecular flexibility index (Phi) is 3.89. The smallest absolute Gasteiger partial charge is 0.407 e. The second-order valence-corrected chi connectivity index (χ2v) is 5.54. The first-order chi connectivity index (χ1) is 8.06. The molecule has 2 rings (SSSR count). The standard InChI is InChI=1S/C12H23N3O2/c1-14(11-6-10(13)7-11)8-9-2-4-15(5-3-9)12(16)17/h9-11H,2-8,13H2,1H3,(H,16,17). The van der Waals surface area contributed by atoms with Crippen LogP contribution in [0.25, 0.3) is 0 Å². The number of likely N-dealkylation sites (tertiary alicyclic amines) is 1. The highest BCUT2D eigenvalue weighted by Gasteiger charge is 2.31. The highest BCUT2D eigenvalue weighted by molar-refractivity contribution is 5.64. The van der Waals surface area contributed by atoms with Gasteiger partial charge in [0.2, 0.25) is 0 Å². The molecule has 17 heavy (non-hydrogen) atoms. The van der Waals surface area contributed by atoms with E-state index in [0.29, 0.717) is 31.1 Å². The number of carbonyl (C=O) groups is 1. The van der Waals surface area contributed by atoms with Crippen molar-refractivity contribution in [3.8, 4) is 0 Å². The Morgan fingerprint density at radius 3 is 2.47 bits per heavy atom. The normalized spacial score (nSPS) is 30.4. The number of rotatable bonds is 3. The summed E-state index contributed by atoms with van der Waals surface area (Å²) in [6, 6.07) is 1.05. The molecule has 0 aromatic carbocycles. The van der Waals surface area contributed by atoms with Crippen molar-refractivity contribution < 1.29 is 9.90 Å². The summed E-state index contributed by atoms with van der Waals surface area (Å²) in [5, 5.41) is 8.87. The van der Waals surface area contributed by atoms with Crippen LogP contribution in [0.5, 0.6) is 0 Å². The van der Waals surface area contributed by atoms with Gasteiger partial charge in [0.1, 0.15) is 0 Å². The minimum absolute atomic E-state index is 0.399. The van der Waals surface area contributed by atoms with Crippen LogP contribution in [0.2, 0.25) is 0 Å². The fourth-order valence-corrected chi connectivity index (χ4v) is 2.85. The lowest BCUT2D eigenvalue weighted by molar-refractivity contribution is 0.0886. The molecule has 1 aliphatic heterocycles. The summed E-state index contributed by atoms with van der Waals surface area (Å²) in [6.45, 7) is 2.47. The van der Waals surface area contributed by atoms with E-state index in [1.165, 1.54) is 4.90 Å². The van der Waals surface area contributed by atoms with Crippen molar-refractivity contribution >= 4 is 6.09 Å². The predicted molar refractivity (Wildman–Crippen MR) is 65.9 cm³/mol. The summed E-state index contributed by atoms with van der Waals surface area (Å²) in [5.74, 6) is 0.646. The van der Waals surface area contributed by atoms with Crippen molar-refractivity contribution in [2.75, 3.05) is 26.7 Å². The van der Waals surface area contributed by atoms with E-state index in [-0.39, 0.29) is 0 Å².